The Balaban J connectivity index is 1.51. The Kier molecular flexibility index (Phi) is 8.10. The number of carbonyl (C=O) groups is 1. The van der Waals surface area contributed by atoms with Gasteiger partial charge in [0.2, 0.25) is 0 Å². The molecule has 200 valence electrons. The van der Waals surface area contributed by atoms with Gasteiger partial charge >= 0.3 is 0 Å². The fourth-order valence-electron chi connectivity index (χ4n) is 5.43. The van der Waals surface area contributed by atoms with Crippen LogP contribution in [0.2, 0.25) is 10.0 Å². The van der Waals surface area contributed by atoms with Crippen molar-refractivity contribution < 1.29 is 14.3 Å². The highest BCUT2D eigenvalue weighted by Gasteiger charge is 2.44. The van der Waals surface area contributed by atoms with E-state index in [4.69, 9.17) is 37.8 Å². The van der Waals surface area contributed by atoms with Gasteiger partial charge in [0.1, 0.15) is 0 Å². The minimum atomic E-state index is -0.226. The van der Waals surface area contributed by atoms with Crippen LogP contribution in [0.25, 0.3) is 12.2 Å². The van der Waals surface area contributed by atoms with Crippen molar-refractivity contribution in [2.45, 2.75) is 25.8 Å². The average Bonchev–Trinajstić information content (AvgIpc) is 3.32. The van der Waals surface area contributed by atoms with E-state index in [2.05, 4.69) is 13.0 Å². The van der Waals surface area contributed by atoms with Gasteiger partial charge < -0.3 is 9.47 Å². The number of carbonyl (C=O) groups excluding carboxylic acids is 1. The first kappa shape index (κ1) is 27.0. The molecule has 1 heterocycles. The molecule has 5 rings (SSSR count). The van der Waals surface area contributed by atoms with Crippen LogP contribution in [0.15, 0.2) is 83.5 Å². The fraction of sp³-hybridized carbons (Fsp3) is 0.250. The molecule has 0 aromatic heterocycles. The van der Waals surface area contributed by atoms with Gasteiger partial charge in [0.15, 0.2) is 11.5 Å². The lowest BCUT2D eigenvalue weighted by molar-refractivity contribution is -0.128. The maximum atomic E-state index is 13.7. The highest BCUT2D eigenvalue weighted by atomic mass is 35.5. The Bertz CT molecular complexity index is 1450. The molecule has 0 radical (unpaired) electrons. The number of hydrogen-bond acceptors (Lipinski definition) is 4. The van der Waals surface area contributed by atoms with Crippen molar-refractivity contribution in [3.05, 3.63) is 105 Å². The lowest BCUT2D eigenvalue weighted by atomic mass is 9.73. The van der Waals surface area contributed by atoms with Gasteiger partial charge in [-0.25, -0.2) is 5.01 Å². The molecule has 3 aromatic rings. The van der Waals surface area contributed by atoms with E-state index in [1.807, 2.05) is 66.7 Å². The van der Waals surface area contributed by atoms with Crippen LogP contribution < -0.4 is 9.47 Å². The van der Waals surface area contributed by atoms with Crippen LogP contribution in [0, 0.1) is 11.8 Å². The number of methoxy groups -OCH3 is 2. The minimum Gasteiger partial charge on any atom is -0.493 e. The number of amides is 1. The molecule has 2 aliphatic rings. The topological polar surface area (TPSA) is 51.1 Å². The first-order valence-corrected chi connectivity index (χ1v) is 13.7. The highest BCUT2D eigenvalue weighted by Crippen LogP contribution is 2.46. The number of halogens is 2. The molecule has 7 heteroatoms. The molecule has 3 atom stereocenters. The van der Waals surface area contributed by atoms with Crippen molar-refractivity contribution in [3.8, 4) is 11.5 Å². The van der Waals surface area contributed by atoms with Gasteiger partial charge in [0.05, 0.1) is 26.0 Å². The molecule has 0 spiro atoms. The molecule has 3 aromatic carbocycles. The average molecular weight is 562 g/mol. The molecular formula is C32H30Cl2N2O3. The first-order chi connectivity index (χ1) is 18.9. The summed E-state index contributed by atoms with van der Waals surface area (Å²) >= 11 is 12.3. The van der Waals surface area contributed by atoms with Crippen LogP contribution in [-0.4, -0.2) is 30.8 Å². The molecular weight excluding hydrogens is 531 g/mol. The third-order valence-electron chi connectivity index (χ3n) is 7.24. The van der Waals surface area contributed by atoms with E-state index >= 15 is 0 Å². The van der Waals surface area contributed by atoms with E-state index in [9.17, 15) is 4.79 Å². The lowest BCUT2D eigenvalue weighted by Gasteiger charge is -2.32. The van der Waals surface area contributed by atoms with Gasteiger partial charge in [-0.3, -0.25) is 4.79 Å². The monoisotopic (exact) mass is 560 g/mol. The molecule has 5 nitrogen and oxygen atoms in total. The van der Waals surface area contributed by atoms with Gasteiger partial charge in [0.25, 0.3) is 5.91 Å². The number of allylic oxidation sites excluding steroid dienone is 1. The van der Waals surface area contributed by atoms with Gasteiger partial charge in [0, 0.05) is 22.0 Å². The van der Waals surface area contributed by atoms with Gasteiger partial charge in [-0.15, -0.1) is 0 Å². The SMILES string of the molecule is COc1ccc(/C=C/C(=O)N2N=C3/C(=C/c4ccc(Cl)cc4)C[C@H](C)C[C@@H]3[C@H]2c2ccc(Cl)cc2)cc1OC. The first-order valence-electron chi connectivity index (χ1n) is 12.9. The summed E-state index contributed by atoms with van der Waals surface area (Å²) in [4.78, 5) is 13.7. The molecule has 1 fully saturated rings. The number of hydrogen-bond donors (Lipinski definition) is 0. The summed E-state index contributed by atoms with van der Waals surface area (Å²) < 4.78 is 10.7. The second-order valence-corrected chi connectivity index (χ2v) is 10.9. The van der Waals surface area contributed by atoms with Crippen molar-refractivity contribution in [3.63, 3.8) is 0 Å². The Hall–Kier alpha value is -3.54. The van der Waals surface area contributed by atoms with E-state index < -0.39 is 0 Å². The van der Waals surface area contributed by atoms with E-state index in [-0.39, 0.29) is 17.9 Å². The number of nitrogens with zero attached hydrogens (tertiary/aromatic N) is 2. The van der Waals surface area contributed by atoms with Crippen LogP contribution in [0.1, 0.15) is 42.5 Å². The summed E-state index contributed by atoms with van der Waals surface area (Å²) in [5, 5.41) is 7.96. The number of ether oxygens (including phenoxy) is 2. The summed E-state index contributed by atoms with van der Waals surface area (Å²) in [6, 6.07) is 20.8. The quantitative estimate of drug-likeness (QED) is 0.286. The van der Waals surface area contributed by atoms with Crippen LogP contribution in [0.5, 0.6) is 11.5 Å². The Morgan fingerprint density at radius 2 is 1.56 bits per heavy atom. The van der Waals surface area contributed by atoms with Gasteiger partial charge in [-0.2, -0.15) is 5.10 Å². The van der Waals surface area contributed by atoms with E-state index in [1.54, 1.807) is 31.4 Å². The molecule has 1 aliphatic carbocycles. The Morgan fingerprint density at radius 3 is 2.23 bits per heavy atom. The number of benzene rings is 3. The minimum absolute atomic E-state index is 0.0758. The van der Waals surface area contributed by atoms with Gasteiger partial charge in [-0.1, -0.05) is 60.5 Å². The van der Waals surface area contributed by atoms with E-state index in [0.717, 1.165) is 40.8 Å². The summed E-state index contributed by atoms with van der Waals surface area (Å²) in [5.41, 5.74) is 5.02. The number of fused-ring (bicyclic) bond motifs is 1. The molecule has 1 amide bonds. The normalized spacial score (nSPS) is 21.7. The van der Waals surface area contributed by atoms with Crippen molar-refractivity contribution in [1.82, 2.24) is 5.01 Å². The van der Waals surface area contributed by atoms with Crippen LogP contribution in [0.3, 0.4) is 0 Å². The summed E-state index contributed by atoms with van der Waals surface area (Å²) in [6.07, 6.45) is 7.35. The smallest absolute Gasteiger partial charge is 0.267 e. The number of rotatable bonds is 6. The predicted molar refractivity (Wildman–Crippen MR) is 158 cm³/mol. The summed E-state index contributed by atoms with van der Waals surface area (Å²) in [5.74, 6) is 1.56. The van der Waals surface area contributed by atoms with E-state index in [0.29, 0.717) is 27.5 Å². The van der Waals surface area contributed by atoms with Crippen LogP contribution in [0.4, 0.5) is 0 Å². The molecule has 1 aliphatic heterocycles. The highest BCUT2D eigenvalue weighted by molar-refractivity contribution is 6.30. The summed E-state index contributed by atoms with van der Waals surface area (Å²) in [7, 11) is 3.18. The Morgan fingerprint density at radius 1 is 0.923 bits per heavy atom. The number of hydrazone groups is 1. The molecule has 39 heavy (non-hydrogen) atoms. The third kappa shape index (κ3) is 5.90. The zero-order valence-corrected chi connectivity index (χ0v) is 23.6. The van der Waals surface area contributed by atoms with Crippen molar-refractivity contribution in [2.75, 3.05) is 14.2 Å². The second kappa shape index (κ2) is 11.7. The largest absolute Gasteiger partial charge is 0.493 e. The third-order valence-corrected chi connectivity index (χ3v) is 7.74. The van der Waals surface area contributed by atoms with Crippen molar-refractivity contribution in [1.29, 1.82) is 0 Å². The van der Waals surface area contributed by atoms with Crippen molar-refractivity contribution in [2.24, 2.45) is 16.9 Å². The molecule has 0 unspecified atom stereocenters. The summed E-state index contributed by atoms with van der Waals surface area (Å²) in [6.45, 7) is 2.26. The van der Waals surface area contributed by atoms with E-state index in [1.165, 1.54) is 0 Å². The maximum Gasteiger partial charge on any atom is 0.267 e. The van der Waals surface area contributed by atoms with Crippen LogP contribution >= 0.6 is 23.2 Å². The second-order valence-electron chi connectivity index (χ2n) is 9.98. The molecule has 0 bridgehead atoms. The standard InChI is InChI=1S/C32H30Cl2N2O3/c1-20-16-24(18-21-4-10-25(33)11-5-21)31-27(17-20)32(23-8-12-26(34)13-9-23)36(35-31)30(37)15-7-22-6-14-28(38-2)29(19-22)39-3/h4-15,18-20,27,32H,16-17H2,1-3H3/b15-7+,24-18+/t20-,27-,32+/m0/s1. The predicted octanol–water partition coefficient (Wildman–Crippen LogP) is 8.09. The lowest BCUT2D eigenvalue weighted by Crippen LogP contribution is -2.32. The van der Waals surface area contributed by atoms with Crippen LogP contribution in [-0.2, 0) is 4.79 Å². The fourth-order valence-corrected chi connectivity index (χ4v) is 5.68. The van der Waals surface area contributed by atoms with Gasteiger partial charge in [-0.05, 0) is 89.6 Å². The maximum absolute atomic E-state index is 13.7. The van der Waals surface area contributed by atoms with Crippen molar-refractivity contribution >= 4 is 47.0 Å². The zero-order valence-electron chi connectivity index (χ0n) is 22.1. The Labute approximate surface area is 239 Å². The molecule has 0 saturated heterocycles. The zero-order chi connectivity index (χ0) is 27.5. The molecule has 0 N–H and O–H groups in total. The molecule has 1 saturated carbocycles.